The Morgan fingerprint density at radius 1 is 1.00 bits per heavy atom. The van der Waals surface area contributed by atoms with E-state index >= 15 is 0 Å². The maximum Gasteiger partial charge on any atom is 0.254 e. The van der Waals surface area contributed by atoms with Gasteiger partial charge in [0.25, 0.3) is 5.91 Å². The molecule has 0 aliphatic rings. The normalized spacial score (nSPS) is 11.1. The molecule has 0 saturated heterocycles. The first-order valence-corrected chi connectivity index (χ1v) is 7.96. The molecule has 2 aromatic carbocycles. The van der Waals surface area contributed by atoms with Gasteiger partial charge in [0.05, 0.1) is 16.2 Å². The predicted molar refractivity (Wildman–Crippen MR) is 77.2 cm³/mol. The molecule has 0 aromatic heterocycles. The Bertz CT molecular complexity index is 730. The highest BCUT2D eigenvalue weighted by molar-refractivity contribution is 7.91. The summed E-state index contributed by atoms with van der Waals surface area (Å²) in [6.07, 6.45) is 0. The van der Waals surface area contributed by atoms with Gasteiger partial charge in [0.1, 0.15) is 5.82 Å². The van der Waals surface area contributed by atoms with E-state index in [9.17, 15) is 17.6 Å². The third-order valence-corrected chi connectivity index (χ3v) is 4.61. The Hall–Kier alpha value is -2.21. The van der Waals surface area contributed by atoms with Crippen LogP contribution in [0.3, 0.4) is 0 Å². The van der Waals surface area contributed by atoms with E-state index in [1.54, 1.807) is 24.3 Å². The Labute approximate surface area is 122 Å². The summed E-state index contributed by atoms with van der Waals surface area (Å²) in [5.41, 5.74) is -0.102. The molecule has 1 amide bonds. The van der Waals surface area contributed by atoms with Crippen LogP contribution in [0.1, 0.15) is 10.4 Å². The van der Waals surface area contributed by atoms with E-state index in [2.05, 4.69) is 5.32 Å². The summed E-state index contributed by atoms with van der Waals surface area (Å²) in [5.74, 6) is -1.51. The highest BCUT2D eigenvalue weighted by Crippen LogP contribution is 2.10. The molecule has 110 valence electrons. The summed E-state index contributed by atoms with van der Waals surface area (Å²) in [7, 11) is -3.46. The molecule has 0 fully saturated rings. The number of halogens is 1. The van der Waals surface area contributed by atoms with Crippen LogP contribution >= 0.6 is 0 Å². The highest BCUT2D eigenvalue weighted by atomic mass is 32.2. The number of amides is 1. The first-order valence-electron chi connectivity index (χ1n) is 6.31. The maximum absolute atomic E-state index is 13.4. The summed E-state index contributed by atoms with van der Waals surface area (Å²) >= 11 is 0. The number of nitrogens with one attached hydrogen (secondary N) is 1. The van der Waals surface area contributed by atoms with Gasteiger partial charge in [0.2, 0.25) is 0 Å². The molecule has 0 atom stereocenters. The van der Waals surface area contributed by atoms with Gasteiger partial charge < -0.3 is 5.32 Å². The summed E-state index contributed by atoms with van der Waals surface area (Å²) in [6.45, 7) is -0.0790. The van der Waals surface area contributed by atoms with Crippen molar-refractivity contribution < 1.29 is 17.6 Å². The molecule has 0 spiro atoms. The number of hydrogen-bond donors (Lipinski definition) is 1. The Morgan fingerprint density at radius 3 is 2.29 bits per heavy atom. The highest BCUT2D eigenvalue weighted by Gasteiger charge is 2.15. The quantitative estimate of drug-likeness (QED) is 0.919. The summed E-state index contributed by atoms with van der Waals surface area (Å²) < 4.78 is 37.4. The van der Waals surface area contributed by atoms with Crippen LogP contribution in [0.2, 0.25) is 0 Å². The van der Waals surface area contributed by atoms with Gasteiger partial charge >= 0.3 is 0 Å². The summed E-state index contributed by atoms with van der Waals surface area (Å²) in [6, 6.07) is 13.5. The van der Waals surface area contributed by atoms with E-state index in [1.807, 2.05) is 0 Å². The Kier molecular flexibility index (Phi) is 4.70. The van der Waals surface area contributed by atoms with Crippen LogP contribution in [0, 0.1) is 5.82 Å². The zero-order valence-electron chi connectivity index (χ0n) is 11.1. The standard InChI is InChI=1S/C15H14FNO3S/c16-14-9-5-4-8-13(14)15(18)17-10-11-21(19,20)12-6-2-1-3-7-12/h1-9H,10-11H2,(H,17,18). The molecule has 2 aromatic rings. The van der Waals surface area contributed by atoms with Gasteiger partial charge in [-0.05, 0) is 24.3 Å². The second-order valence-corrected chi connectivity index (χ2v) is 6.48. The fourth-order valence-electron chi connectivity index (χ4n) is 1.79. The Morgan fingerprint density at radius 2 is 1.62 bits per heavy atom. The molecular formula is C15H14FNO3S. The minimum atomic E-state index is -3.46. The number of carbonyl (C=O) groups excluding carboxylic acids is 1. The van der Waals surface area contributed by atoms with Crippen molar-refractivity contribution in [1.82, 2.24) is 5.32 Å². The van der Waals surface area contributed by atoms with Crippen LogP contribution in [0.4, 0.5) is 4.39 Å². The number of rotatable bonds is 5. The third kappa shape index (κ3) is 3.88. The molecular weight excluding hydrogens is 293 g/mol. The van der Waals surface area contributed by atoms with E-state index in [0.717, 1.165) is 0 Å². The zero-order valence-corrected chi connectivity index (χ0v) is 11.9. The van der Waals surface area contributed by atoms with Crippen molar-refractivity contribution in [1.29, 1.82) is 0 Å². The van der Waals surface area contributed by atoms with Crippen molar-refractivity contribution in [2.24, 2.45) is 0 Å². The minimum Gasteiger partial charge on any atom is -0.351 e. The first kappa shape index (κ1) is 15.2. The monoisotopic (exact) mass is 307 g/mol. The van der Waals surface area contributed by atoms with Crippen LogP contribution in [-0.2, 0) is 9.84 Å². The van der Waals surface area contributed by atoms with Gasteiger partial charge in [0, 0.05) is 6.54 Å². The molecule has 21 heavy (non-hydrogen) atoms. The third-order valence-electron chi connectivity index (χ3n) is 2.88. The molecule has 6 heteroatoms. The van der Waals surface area contributed by atoms with Crippen molar-refractivity contribution in [2.45, 2.75) is 4.90 Å². The largest absolute Gasteiger partial charge is 0.351 e. The van der Waals surface area contributed by atoms with Crippen molar-refractivity contribution >= 4 is 15.7 Å². The molecule has 0 unspecified atom stereocenters. The van der Waals surface area contributed by atoms with Gasteiger partial charge in [-0.1, -0.05) is 30.3 Å². The lowest BCUT2D eigenvalue weighted by Gasteiger charge is -2.07. The van der Waals surface area contributed by atoms with Crippen LogP contribution in [0.5, 0.6) is 0 Å². The van der Waals surface area contributed by atoms with Gasteiger partial charge in [-0.15, -0.1) is 0 Å². The van der Waals surface area contributed by atoms with E-state index in [-0.39, 0.29) is 22.8 Å². The van der Waals surface area contributed by atoms with E-state index in [4.69, 9.17) is 0 Å². The van der Waals surface area contributed by atoms with E-state index < -0.39 is 21.6 Å². The van der Waals surface area contributed by atoms with Gasteiger partial charge in [-0.3, -0.25) is 4.79 Å². The number of carbonyl (C=O) groups is 1. The number of benzene rings is 2. The minimum absolute atomic E-state index is 0.0790. The van der Waals surface area contributed by atoms with Gasteiger partial charge in [-0.2, -0.15) is 0 Å². The first-order chi connectivity index (χ1) is 10.0. The lowest BCUT2D eigenvalue weighted by atomic mass is 10.2. The van der Waals surface area contributed by atoms with Crippen LogP contribution < -0.4 is 5.32 Å². The zero-order chi connectivity index (χ0) is 15.3. The molecule has 0 radical (unpaired) electrons. The number of hydrogen-bond acceptors (Lipinski definition) is 3. The molecule has 2 rings (SSSR count). The van der Waals surface area contributed by atoms with Crippen LogP contribution in [-0.4, -0.2) is 26.6 Å². The molecule has 0 aliphatic heterocycles. The second kappa shape index (κ2) is 6.49. The van der Waals surface area contributed by atoms with Crippen molar-refractivity contribution in [3.63, 3.8) is 0 Å². The van der Waals surface area contributed by atoms with Gasteiger partial charge in [0.15, 0.2) is 9.84 Å². The van der Waals surface area contributed by atoms with Gasteiger partial charge in [-0.25, -0.2) is 12.8 Å². The summed E-state index contributed by atoms with van der Waals surface area (Å²) in [5, 5.41) is 2.41. The SMILES string of the molecule is O=C(NCCS(=O)(=O)c1ccccc1)c1ccccc1F. The van der Waals surface area contributed by atoms with Crippen molar-refractivity contribution in [2.75, 3.05) is 12.3 Å². The summed E-state index contributed by atoms with van der Waals surface area (Å²) in [4.78, 5) is 11.9. The average Bonchev–Trinajstić information content (AvgIpc) is 2.48. The maximum atomic E-state index is 13.4. The topological polar surface area (TPSA) is 63.2 Å². The lowest BCUT2D eigenvalue weighted by Crippen LogP contribution is -2.29. The predicted octanol–water partition coefficient (Wildman–Crippen LogP) is 2.03. The van der Waals surface area contributed by atoms with E-state index in [1.165, 1.54) is 30.3 Å². The molecule has 4 nitrogen and oxygen atoms in total. The molecule has 0 aliphatic carbocycles. The van der Waals surface area contributed by atoms with E-state index in [0.29, 0.717) is 0 Å². The van der Waals surface area contributed by atoms with Crippen molar-refractivity contribution in [3.05, 3.63) is 66.0 Å². The number of sulfone groups is 1. The molecule has 0 saturated carbocycles. The second-order valence-electron chi connectivity index (χ2n) is 4.37. The average molecular weight is 307 g/mol. The molecule has 0 heterocycles. The van der Waals surface area contributed by atoms with Crippen LogP contribution in [0.25, 0.3) is 0 Å². The molecule has 0 bridgehead atoms. The van der Waals surface area contributed by atoms with Crippen LogP contribution in [0.15, 0.2) is 59.5 Å². The Balaban J connectivity index is 1.96. The fraction of sp³-hybridized carbons (Fsp3) is 0.133. The fourth-order valence-corrected chi connectivity index (χ4v) is 2.96. The lowest BCUT2D eigenvalue weighted by molar-refractivity contribution is 0.0952. The van der Waals surface area contributed by atoms with Crippen molar-refractivity contribution in [3.8, 4) is 0 Å². The smallest absolute Gasteiger partial charge is 0.254 e. The molecule has 1 N–H and O–H groups in total.